The van der Waals surface area contributed by atoms with Gasteiger partial charge in [-0.15, -0.1) is 0 Å². The van der Waals surface area contributed by atoms with Crippen molar-refractivity contribution in [3.05, 3.63) is 28.2 Å². The van der Waals surface area contributed by atoms with Crippen LogP contribution in [0.4, 0.5) is 0 Å². The summed E-state index contributed by atoms with van der Waals surface area (Å²) in [6, 6.07) is 5.28. The number of benzene rings is 1. The number of carbonyl (C=O) groups excluding carboxylic acids is 1. The van der Waals surface area contributed by atoms with Crippen molar-refractivity contribution in [2.75, 3.05) is 6.54 Å². The number of hydrogen-bond donors (Lipinski definition) is 2. The zero-order chi connectivity index (χ0) is 16.5. The molecule has 0 fully saturated rings. The van der Waals surface area contributed by atoms with Gasteiger partial charge in [-0.05, 0) is 44.9 Å². The van der Waals surface area contributed by atoms with Crippen LogP contribution in [0.2, 0.25) is 0 Å². The van der Waals surface area contributed by atoms with Gasteiger partial charge in [0, 0.05) is 23.0 Å². The maximum absolute atomic E-state index is 12.1. The van der Waals surface area contributed by atoms with Crippen molar-refractivity contribution >= 4 is 27.8 Å². The van der Waals surface area contributed by atoms with Crippen molar-refractivity contribution in [3.8, 4) is 5.75 Å². The summed E-state index contributed by atoms with van der Waals surface area (Å²) < 4.78 is 6.39. The van der Waals surface area contributed by atoms with Gasteiger partial charge in [0.25, 0.3) is 5.91 Å². The van der Waals surface area contributed by atoms with Crippen molar-refractivity contribution in [1.82, 2.24) is 5.32 Å². The molecule has 1 aromatic carbocycles. The molecule has 0 aliphatic heterocycles. The van der Waals surface area contributed by atoms with E-state index in [1.54, 1.807) is 12.1 Å². The molecule has 0 radical (unpaired) electrons. The third-order valence-electron chi connectivity index (χ3n) is 2.86. The monoisotopic (exact) mass is 371 g/mol. The predicted molar refractivity (Wildman–Crippen MR) is 88.3 cm³/mol. The van der Waals surface area contributed by atoms with E-state index in [0.29, 0.717) is 24.3 Å². The van der Waals surface area contributed by atoms with E-state index in [9.17, 15) is 9.59 Å². The Hall–Kier alpha value is -1.56. The molecule has 0 aromatic heterocycles. The first kappa shape index (κ1) is 18.5. The molecule has 22 heavy (non-hydrogen) atoms. The van der Waals surface area contributed by atoms with Crippen LogP contribution >= 0.6 is 15.9 Å². The zero-order valence-corrected chi connectivity index (χ0v) is 14.5. The second kappa shape index (κ2) is 9.46. The standard InChI is InChI=1S/C16H22BrNO4/c1-11(2)22-14-9-12(8-13(17)10-14)16(21)18-7-5-3-4-6-15(19)20/h8-11H,3-7H2,1-2H3,(H,18,21)(H,19,20). The van der Waals surface area contributed by atoms with Crippen LogP contribution in [-0.4, -0.2) is 29.6 Å². The smallest absolute Gasteiger partial charge is 0.303 e. The summed E-state index contributed by atoms with van der Waals surface area (Å²) in [6.07, 6.45) is 2.40. The molecule has 0 spiro atoms. The third-order valence-corrected chi connectivity index (χ3v) is 3.32. The van der Waals surface area contributed by atoms with Crippen LogP contribution in [-0.2, 0) is 4.79 Å². The van der Waals surface area contributed by atoms with Crippen LogP contribution in [0.15, 0.2) is 22.7 Å². The van der Waals surface area contributed by atoms with Gasteiger partial charge < -0.3 is 15.2 Å². The number of unbranched alkanes of at least 4 members (excludes halogenated alkanes) is 2. The maximum atomic E-state index is 12.1. The Morgan fingerprint density at radius 2 is 1.95 bits per heavy atom. The Labute approximate surface area is 139 Å². The molecule has 1 aromatic rings. The SMILES string of the molecule is CC(C)Oc1cc(Br)cc(C(=O)NCCCCCC(=O)O)c1. The van der Waals surface area contributed by atoms with Gasteiger partial charge in [-0.1, -0.05) is 22.4 Å². The molecule has 0 bridgehead atoms. The largest absolute Gasteiger partial charge is 0.491 e. The molecule has 0 saturated carbocycles. The molecule has 0 aliphatic carbocycles. The number of hydrogen-bond acceptors (Lipinski definition) is 3. The minimum atomic E-state index is -0.782. The Morgan fingerprint density at radius 1 is 1.23 bits per heavy atom. The minimum Gasteiger partial charge on any atom is -0.491 e. The van der Waals surface area contributed by atoms with Gasteiger partial charge in [0.15, 0.2) is 0 Å². The molecular weight excluding hydrogens is 350 g/mol. The summed E-state index contributed by atoms with van der Waals surface area (Å²) >= 11 is 3.37. The molecular formula is C16H22BrNO4. The topological polar surface area (TPSA) is 75.6 Å². The molecule has 0 unspecified atom stereocenters. The summed E-state index contributed by atoms with van der Waals surface area (Å²) in [5.74, 6) is -0.292. The number of aliphatic carboxylic acids is 1. The summed E-state index contributed by atoms with van der Waals surface area (Å²) in [5, 5.41) is 11.4. The van der Waals surface area contributed by atoms with E-state index in [-0.39, 0.29) is 18.4 Å². The van der Waals surface area contributed by atoms with E-state index in [2.05, 4.69) is 21.2 Å². The van der Waals surface area contributed by atoms with Crippen LogP contribution in [0.25, 0.3) is 0 Å². The van der Waals surface area contributed by atoms with E-state index < -0.39 is 5.97 Å². The van der Waals surface area contributed by atoms with E-state index >= 15 is 0 Å². The lowest BCUT2D eigenvalue weighted by atomic mass is 10.1. The minimum absolute atomic E-state index is 0.0412. The summed E-state index contributed by atoms with van der Waals surface area (Å²) in [5.41, 5.74) is 0.538. The van der Waals surface area contributed by atoms with Crippen molar-refractivity contribution < 1.29 is 19.4 Å². The summed E-state index contributed by atoms with van der Waals surface area (Å²) in [7, 11) is 0. The van der Waals surface area contributed by atoms with Crippen LogP contribution in [0.1, 0.15) is 49.9 Å². The number of carboxylic acids is 1. The summed E-state index contributed by atoms with van der Waals surface area (Å²) in [6.45, 7) is 4.39. The number of carboxylic acid groups (broad SMARTS) is 1. The quantitative estimate of drug-likeness (QED) is 0.650. The Kier molecular flexibility index (Phi) is 7.95. The van der Waals surface area contributed by atoms with E-state index in [1.165, 1.54) is 0 Å². The van der Waals surface area contributed by atoms with Crippen LogP contribution < -0.4 is 10.1 Å². The van der Waals surface area contributed by atoms with Gasteiger partial charge in [0.05, 0.1) is 6.10 Å². The number of rotatable bonds is 9. The van der Waals surface area contributed by atoms with Gasteiger partial charge in [0.2, 0.25) is 0 Å². The number of amides is 1. The highest BCUT2D eigenvalue weighted by Gasteiger charge is 2.09. The highest BCUT2D eigenvalue weighted by Crippen LogP contribution is 2.22. The molecule has 0 aliphatic rings. The molecule has 2 N–H and O–H groups in total. The lowest BCUT2D eigenvalue weighted by Crippen LogP contribution is -2.24. The van der Waals surface area contributed by atoms with Gasteiger partial charge in [0.1, 0.15) is 5.75 Å². The van der Waals surface area contributed by atoms with Crippen molar-refractivity contribution in [1.29, 1.82) is 0 Å². The van der Waals surface area contributed by atoms with Gasteiger partial charge in [-0.2, -0.15) is 0 Å². The first-order valence-electron chi connectivity index (χ1n) is 7.35. The molecule has 6 heteroatoms. The molecule has 1 amide bonds. The third kappa shape index (κ3) is 7.45. The second-order valence-electron chi connectivity index (χ2n) is 5.30. The Balaban J connectivity index is 2.44. The highest BCUT2D eigenvalue weighted by atomic mass is 79.9. The lowest BCUT2D eigenvalue weighted by molar-refractivity contribution is -0.137. The van der Waals surface area contributed by atoms with Crippen molar-refractivity contribution in [2.45, 2.75) is 45.6 Å². The highest BCUT2D eigenvalue weighted by molar-refractivity contribution is 9.10. The Morgan fingerprint density at radius 3 is 2.59 bits per heavy atom. The molecule has 0 heterocycles. The predicted octanol–water partition coefficient (Wildman–Crippen LogP) is 3.61. The van der Waals surface area contributed by atoms with Crippen molar-refractivity contribution in [3.63, 3.8) is 0 Å². The number of nitrogens with one attached hydrogen (secondary N) is 1. The fraction of sp³-hybridized carbons (Fsp3) is 0.500. The Bertz CT molecular complexity index is 517. The number of ether oxygens (including phenoxy) is 1. The summed E-state index contributed by atoms with van der Waals surface area (Å²) in [4.78, 5) is 22.5. The van der Waals surface area contributed by atoms with Gasteiger partial charge in [-0.25, -0.2) is 0 Å². The average molecular weight is 372 g/mol. The van der Waals surface area contributed by atoms with Crippen LogP contribution in [0, 0.1) is 0 Å². The normalized spacial score (nSPS) is 10.5. The van der Waals surface area contributed by atoms with E-state index in [4.69, 9.17) is 9.84 Å². The molecule has 5 nitrogen and oxygen atoms in total. The molecule has 0 saturated heterocycles. The number of carbonyl (C=O) groups is 2. The average Bonchev–Trinajstić information content (AvgIpc) is 2.40. The van der Waals surface area contributed by atoms with Crippen LogP contribution in [0.3, 0.4) is 0 Å². The molecule has 122 valence electrons. The zero-order valence-electron chi connectivity index (χ0n) is 12.9. The van der Waals surface area contributed by atoms with E-state index in [0.717, 1.165) is 17.3 Å². The number of halogens is 1. The van der Waals surface area contributed by atoms with Gasteiger partial charge in [-0.3, -0.25) is 9.59 Å². The lowest BCUT2D eigenvalue weighted by Gasteiger charge is -2.12. The van der Waals surface area contributed by atoms with Crippen LogP contribution in [0.5, 0.6) is 5.75 Å². The van der Waals surface area contributed by atoms with Gasteiger partial charge >= 0.3 is 5.97 Å². The molecule has 0 atom stereocenters. The first-order valence-corrected chi connectivity index (χ1v) is 8.15. The first-order chi connectivity index (χ1) is 10.4. The van der Waals surface area contributed by atoms with E-state index in [1.807, 2.05) is 19.9 Å². The van der Waals surface area contributed by atoms with Crippen molar-refractivity contribution in [2.24, 2.45) is 0 Å². The molecule has 1 rings (SSSR count). The maximum Gasteiger partial charge on any atom is 0.303 e. The second-order valence-corrected chi connectivity index (χ2v) is 6.22. The fourth-order valence-electron chi connectivity index (χ4n) is 1.92. The fourth-order valence-corrected chi connectivity index (χ4v) is 2.39.